The lowest BCUT2D eigenvalue weighted by Crippen LogP contribution is -2.41. The lowest BCUT2D eigenvalue weighted by atomic mass is 10.1. The summed E-state index contributed by atoms with van der Waals surface area (Å²) < 4.78 is 5.26. The summed E-state index contributed by atoms with van der Waals surface area (Å²) in [4.78, 5) is 30.8. The van der Waals surface area contributed by atoms with Gasteiger partial charge in [-0.2, -0.15) is 0 Å². The highest BCUT2D eigenvalue weighted by molar-refractivity contribution is 6.06. The van der Waals surface area contributed by atoms with E-state index < -0.39 is 0 Å². The zero-order chi connectivity index (χ0) is 17.8. The highest BCUT2D eigenvalue weighted by Crippen LogP contribution is 2.17. The van der Waals surface area contributed by atoms with Crippen molar-refractivity contribution in [1.29, 1.82) is 0 Å². The van der Waals surface area contributed by atoms with Crippen molar-refractivity contribution >= 4 is 17.5 Å². The van der Waals surface area contributed by atoms with Crippen molar-refractivity contribution in [2.45, 2.75) is 13.8 Å². The van der Waals surface area contributed by atoms with Gasteiger partial charge in [-0.1, -0.05) is 17.7 Å². The van der Waals surface area contributed by atoms with Gasteiger partial charge in [-0.15, -0.1) is 0 Å². The van der Waals surface area contributed by atoms with Crippen LogP contribution >= 0.6 is 0 Å². The molecule has 0 bridgehead atoms. The normalized spacial score (nSPS) is 14.2. The van der Waals surface area contributed by atoms with E-state index in [0.29, 0.717) is 31.9 Å². The van der Waals surface area contributed by atoms with Crippen LogP contribution in [0, 0.1) is 13.8 Å². The number of anilines is 1. The molecule has 2 heterocycles. The SMILES string of the molecule is Cc1ccc(NC(=O)c2ccnc(C(=O)N3CCOCC3)c2)c(C)c1. The van der Waals surface area contributed by atoms with Gasteiger partial charge in [-0.3, -0.25) is 14.6 Å². The zero-order valence-electron chi connectivity index (χ0n) is 14.4. The molecule has 1 N–H and O–H groups in total. The van der Waals surface area contributed by atoms with Crippen LogP contribution in [0.15, 0.2) is 36.5 Å². The second-order valence-electron chi connectivity index (χ2n) is 6.11. The molecule has 1 aromatic carbocycles. The largest absolute Gasteiger partial charge is 0.378 e. The summed E-state index contributed by atoms with van der Waals surface area (Å²) in [6, 6.07) is 8.98. The van der Waals surface area contributed by atoms with E-state index in [0.717, 1.165) is 16.8 Å². The number of nitrogens with zero attached hydrogens (tertiary/aromatic N) is 2. The third kappa shape index (κ3) is 4.03. The first-order valence-electron chi connectivity index (χ1n) is 8.26. The highest BCUT2D eigenvalue weighted by Gasteiger charge is 2.20. The number of morpholine rings is 1. The number of hydrogen-bond donors (Lipinski definition) is 1. The number of nitrogens with one attached hydrogen (secondary N) is 1. The summed E-state index contributed by atoms with van der Waals surface area (Å²) in [7, 11) is 0. The van der Waals surface area contributed by atoms with Gasteiger partial charge in [-0.05, 0) is 37.6 Å². The van der Waals surface area contributed by atoms with Crippen LogP contribution in [0.25, 0.3) is 0 Å². The number of pyridine rings is 1. The number of aromatic nitrogens is 1. The van der Waals surface area contributed by atoms with Crippen molar-refractivity contribution in [1.82, 2.24) is 9.88 Å². The second kappa shape index (κ2) is 7.44. The number of ether oxygens (including phenoxy) is 1. The molecule has 3 rings (SSSR count). The Morgan fingerprint density at radius 1 is 1.12 bits per heavy atom. The Kier molecular flexibility index (Phi) is 5.09. The lowest BCUT2D eigenvalue weighted by molar-refractivity contribution is 0.0299. The van der Waals surface area contributed by atoms with Crippen LogP contribution < -0.4 is 5.32 Å². The van der Waals surface area contributed by atoms with Crippen molar-refractivity contribution < 1.29 is 14.3 Å². The lowest BCUT2D eigenvalue weighted by Gasteiger charge is -2.26. The number of amides is 2. The second-order valence-corrected chi connectivity index (χ2v) is 6.11. The Morgan fingerprint density at radius 3 is 2.60 bits per heavy atom. The molecule has 0 radical (unpaired) electrons. The molecule has 25 heavy (non-hydrogen) atoms. The maximum Gasteiger partial charge on any atom is 0.272 e. The van der Waals surface area contributed by atoms with Crippen LogP contribution in [0.2, 0.25) is 0 Å². The molecule has 1 fully saturated rings. The molecular formula is C19H21N3O3. The fourth-order valence-corrected chi connectivity index (χ4v) is 2.77. The summed E-state index contributed by atoms with van der Waals surface area (Å²) in [6.07, 6.45) is 1.49. The Morgan fingerprint density at radius 2 is 1.88 bits per heavy atom. The molecular weight excluding hydrogens is 318 g/mol. The number of aryl methyl sites for hydroxylation is 2. The van der Waals surface area contributed by atoms with E-state index >= 15 is 0 Å². The smallest absolute Gasteiger partial charge is 0.272 e. The number of hydrogen-bond acceptors (Lipinski definition) is 4. The molecule has 130 valence electrons. The van der Waals surface area contributed by atoms with Gasteiger partial charge in [0.15, 0.2) is 0 Å². The van der Waals surface area contributed by atoms with E-state index in [1.165, 1.54) is 12.3 Å². The molecule has 0 atom stereocenters. The van der Waals surface area contributed by atoms with Gasteiger partial charge in [0.1, 0.15) is 5.69 Å². The van der Waals surface area contributed by atoms with Gasteiger partial charge in [0, 0.05) is 30.5 Å². The summed E-state index contributed by atoms with van der Waals surface area (Å²) >= 11 is 0. The molecule has 0 saturated carbocycles. The predicted molar refractivity (Wildman–Crippen MR) is 94.8 cm³/mol. The first-order chi connectivity index (χ1) is 12.0. The summed E-state index contributed by atoms with van der Waals surface area (Å²) in [5.41, 5.74) is 3.57. The number of benzene rings is 1. The first kappa shape index (κ1) is 17.1. The van der Waals surface area contributed by atoms with Crippen molar-refractivity contribution in [3.63, 3.8) is 0 Å². The van der Waals surface area contributed by atoms with Gasteiger partial charge in [-0.25, -0.2) is 0 Å². The van der Waals surface area contributed by atoms with E-state index in [2.05, 4.69) is 10.3 Å². The van der Waals surface area contributed by atoms with Crippen LogP contribution in [0.4, 0.5) is 5.69 Å². The van der Waals surface area contributed by atoms with E-state index in [9.17, 15) is 9.59 Å². The van der Waals surface area contributed by atoms with Crippen molar-refractivity contribution in [3.8, 4) is 0 Å². The van der Waals surface area contributed by atoms with E-state index in [4.69, 9.17) is 4.74 Å². The third-order valence-electron chi connectivity index (χ3n) is 4.17. The molecule has 6 heteroatoms. The molecule has 1 aromatic heterocycles. The molecule has 2 amide bonds. The minimum atomic E-state index is -0.259. The molecule has 2 aromatic rings. The van der Waals surface area contributed by atoms with Gasteiger partial charge < -0.3 is 15.0 Å². The van der Waals surface area contributed by atoms with Crippen LogP contribution in [-0.2, 0) is 4.74 Å². The average Bonchev–Trinajstić information content (AvgIpc) is 2.64. The molecule has 6 nitrogen and oxygen atoms in total. The first-order valence-corrected chi connectivity index (χ1v) is 8.26. The monoisotopic (exact) mass is 339 g/mol. The van der Waals surface area contributed by atoms with E-state index in [1.807, 2.05) is 32.0 Å². The highest BCUT2D eigenvalue weighted by atomic mass is 16.5. The summed E-state index contributed by atoms with van der Waals surface area (Å²) in [5.74, 6) is -0.435. The van der Waals surface area contributed by atoms with Crippen molar-refractivity contribution in [2.75, 3.05) is 31.6 Å². The van der Waals surface area contributed by atoms with Crippen LogP contribution in [-0.4, -0.2) is 48.0 Å². The van der Waals surface area contributed by atoms with Crippen LogP contribution in [0.5, 0.6) is 0 Å². The maximum atomic E-state index is 12.5. The molecule has 0 spiro atoms. The number of carbonyl (C=O) groups is 2. The molecule has 1 aliphatic heterocycles. The van der Waals surface area contributed by atoms with Gasteiger partial charge in [0.25, 0.3) is 11.8 Å². The topological polar surface area (TPSA) is 71.5 Å². The average molecular weight is 339 g/mol. The third-order valence-corrected chi connectivity index (χ3v) is 4.17. The van der Waals surface area contributed by atoms with Crippen LogP contribution in [0.1, 0.15) is 32.0 Å². The van der Waals surface area contributed by atoms with Crippen LogP contribution in [0.3, 0.4) is 0 Å². The Labute approximate surface area is 146 Å². The molecule has 1 saturated heterocycles. The molecule has 0 unspecified atom stereocenters. The minimum absolute atomic E-state index is 0.176. The predicted octanol–water partition coefficient (Wildman–Crippen LogP) is 2.42. The summed E-state index contributed by atoms with van der Waals surface area (Å²) in [6.45, 7) is 6.09. The number of carbonyl (C=O) groups excluding carboxylic acids is 2. The zero-order valence-corrected chi connectivity index (χ0v) is 14.4. The fraction of sp³-hybridized carbons (Fsp3) is 0.316. The summed E-state index contributed by atoms with van der Waals surface area (Å²) in [5, 5.41) is 2.89. The minimum Gasteiger partial charge on any atom is -0.378 e. The van der Waals surface area contributed by atoms with E-state index in [-0.39, 0.29) is 17.5 Å². The van der Waals surface area contributed by atoms with Crippen molar-refractivity contribution in [3.05, 3.63) is 58.9 Å². The Bertz CT molecular complexity index is 798. The molecule has 1 aliphatic rings. The quantitative estimate of drug-likeness (QED) is 0.932. The van der Waals surface area contributed by atoms with Gasteiger partial charge >= 0.3 is 0 Å². The Hall–Kier alpha value is -2.73. The van der Waals surface area contributed by atoms with Gasteiger partial charge in [0.05, 0.1) is 13.2 Å². The van der Waals surface area contributed by atoms with Crippen molar-refractivity contribution in [2.24, 2.45) is 0 Å². The van der Waals surface area contributed by atoms with Gasteiger partial charge in [0.2, 0.25) is 0 Å². The molecule has 0 aliphatic carbocycles. The maximum absolute atomic E-state index is 12.5. The number of rotatable bonds is 3. The fourth-order valence-electron chi connectivity index (χ4n) is 2.77. The van der Waals surface area contributed by atoms with E-state index in [1.54, 1.807) is 11.0 Å². The Balaban J connectivity index is 1.76. The standard InChI is InChI=1S/C19H21N3O3/c1-13-3-4-16(14(2)11-13)21-18(23)15-5-6-20-17(12-15)19(24)22-7-9-25-10-8-22/h3-6,11-12H,7-10H2,1-2H3,(H,21,23).